The molecule has 1 fully saturated rings. The molecule has 0 bridgehead atoms. The highest BCUT2D eigenvalue weighted by Gasteiger charge is 2.27. The lowest BCUT2D eigenvalue weighted by atomic mass is 10.1. The first kappa shape index (κ1) is 19.8. The van der Waals surface area contributed by atoms with Gasteiger partial charge in [-0.15, -0.1) is 0 Å². The van der Waals surface area contributed by atoms with Crippen LogP contribution in [0.15, 0.2) is 36.4 Å². The van der Waals surface area contributed by atoms with Crippen molar-refractivity contribution >= 4 is 49.9 Å². The first-order valence-corrected chi connectivity index (χ1v) is 10.4. The van der Waals surface area contributed by atoms with Crippen LogP contribution in [0, 0.1) is 17.0 Å². The lowest BCUT2D eigenvalue weighted by molar-refractivity contribution is -0.384. The fourth-order valence-electron chi connectivity index (χ4n) is 3.38. The van der Waals surface area contributed by atoms with Gasteiger partial charge in [0.2, 0.25) is 0 Å². The number of rotatable bonds is 5. The number of hydrogen-bond donors (Lipinski definition) is 0. The van der Waals surface area contributed by atoms with E-state index in [2.05, 4.69) is 4.98 Å². The molecule has 0 radical (unpaired) electrons. The Hall–Kier alpha value is -2.55. The zero-order valence-electron chi connectivity index (χ0n) is 15.6. The van der Waals surface area contributed by atoms with Gasteiger partial charge in [-0.2, -0.15) is 0 Å². The number of amides is 1. The standard InChI is InChI=1S/C20H18ClN3O4S/c1-12-9-14(21)10-17-18(12)22-20(29-17)23(11-16-3-2-8-28-16)19(25)13-4-6-15(7-5-13)24(26)27/h4-7,9-10,16H,2-3,8,11H2,1H3. The van der Waals surface area contributed by atoms with Crippen molar-refractivity contribution in [2.75, 3.05) is 18.1 Å². The van der Waals surface area contributed by atoms with E-state index >= 15 is 0 Å². The maximum atomic E-state index is 13.3. The van der Waals surface area contributed by atoms with Crippen molar-refractivity contribution in [2.24, 2.45) is 0 Å². The summed E-state index contributed by atoms with van der Waals surface area (Å²) in [5, 5.41) is 12.1. The maximum absolute atomic E-state index is 13.3. The van der Waals surface area contributed by atoms with Crippen LogP contribution in [0.4, 0.5) is 10.8 Å². The zero-order chi connectivity index (χ0) is 20.5. The number of nitrogens with zero attached hydrogens (tertiary/aromatic N) is 3. The van der Waals surface area contributed by atoms with Crippen molar-refractivity contribution in [3.63, 3.8) is 0 Å². The largest absolute Gasteiger partial charge is 0.376 e. The number of halogens is 1. The van der Waals surface area contributed by atoms with E-state index in [0.29, 0.717) is 28.9 Å². The predicted octanol–water partition coefficient (Wildman–Crippen LogP) is 4.99. The molecule has 4 rings (SSSR count). The first-order valence-electron chi connectivity index (χ1n) is 9.17. The van der Waals surface area contributed by atoms with Crippen LogP contribution in [-0.4, -0.2) is 35.1 Å². The SMILES string of the molecule is Cc1cc(Cl)cc2sc(N(CC3CCCO3)C(=O)c3ccc([N+](=O)[O-])cc3)nc12. The number of benzene rings is 2. The van der Waals surface area contributed by atoms with E-state index in [1.54, 1.807) is 4.90 Å². The van der Waals surface area contributed by atoms with E-state index < -0.39 is 4.92 Å². The molecule has 0 saturated carbocycles. The molecule has 2 aromatic carbocycles. The minimum Gasteiger partial charge on any atom is -0.376 e. The fraction of sp³-hybridized carbons (Fsp3) is 0.300. The Labute approximate surface area is 176 Å². The normalized spacial score (nSPS) is 16.3. The number of non-ortho nitro benzene ring substituents is 1. The van der Waals surface area contributed by atoms with Gasteiger partial charge in [0, 0.05) is 29.3 Å². The fourth-order valence-corrected chi connectivity index (χ4v) is 4.81. The Balaban J connectivity index is 1.72. The molecular weight excluding hydrogens is 414 g/mol. The highest BCUT2D eigenvalue weighted by atomic mass is 35.5. The van der Waals surface area contributed by atoms with Crippen LogP contribution in [0.3, 0.4) is 0 Å². The molecule has 9 heteroatoms. The average Bonchev–Trinajstić information content (AvgIpc) is 3.35. The van der Waals surface area contributed by atoms with Crippen LogP contribution >= 0.6 is 22.9 Å². The lowest BCUT2D eigenvalue weighted by Gasteiger charge is -2.23. The van der Waals surface area contributed by atoms with Crippen molar-refractivity contribution < 1.29 is 14.5 Å². The number of nitro benzene ring substituents is 1. The van der Waals surface area contributed by atoms with Crippen molar-refractivity contribution in [3.8, 4) is 0 Å². The quantitative estimate of drug-likeness (QED) is 0.419. The molecular formula is C20H18ClN3O4S. The molecule has 150 valence electrons. The van der Waals surface area contributed by atoms with Gasteiger partial charge in [-0.25, -0.2) is 4.98 Å². The Morgan fingerprint density at radius 3 is 2.79 bits per heavy atom. The van der Waals surface area contributed by atoms with Crippen molar-refractivity contribution in [3.05, 3.63) is 62.7 Å². The van der Waals surface area contributed by atoms with Gasteiger partial charge in [0.15, 0.2) is 5.13 Å². The van der Waals surface area contributed by atoms with Gasteiger partial charge in [-0.05, 0) is 49.6 Å². The molecule has 1 aliphatic rings. The van der Waals surface area contributed by atoms with Gasteiger partial charge < -0.3 is 4.74 Å². The Morgan fingerprint density at radius 1 is 1.38 bits per heavy atom. The van der Waals surface area contributed by atoms with E-state index in [4.69, 9.17) is 16.3 Å². The first-order chi connectivity index (χ1) is 13.9. The minimum absolute atomic E-state index is 0.0579. The Kier molecular flexibility index (Phi) is 5.49. The van der Waals surface area contributed by atoms with Crippen molar-refractivity contribution in [1.82, 2.24) is 4.98 Å². The van der Waals surface area contributed by atoms with E-state index in [1.165, 1.54) is 35.6 Å². The van der Waals surface area contributed by atoms with Gasteiger partial charge >= 0.3 is 0 Å². The second kappa shape index (κ2) is 8.06. The predicted molar refractivity (Wildman–Crippen MR) is 113 cm³/mol. The summed E-state index contributed by atoms with van der Waals surface area (Å²) in [6, 6.07) is 9.29. The van der Waals surface area contributed by atoms with Gasteiger partial charge in [0.05, 0.1) is 27.8 Å². The van der Waals surface area contributed by atoms with Crippen LogP contribution < -0.4 is 4.90 Å². The number of carbonyl (C=O) groups excluding carboxylic acids is 1. The number of aromatic nitrogens is 1. The molecule has 1 atom stereocenters. The van der Waals surface area contributed by atoms with E-state index in [9.17, 15) is 14.9 Å². The molecule has 1 aromatic heterocycles. The maximum Gasteiger partial charge on any atom is 0.269 e. The highest BCUT2D eigenvalue weighted by Crippen LogP contribution is 2.34. The monoisotopic (exact) mass is 431 g/mol. The molecule has 0 N–H and O–H groups in total. The molecule has 0 spiro atoms. The van der Waals surface area contributed by atoms with Gasteiger partial charge in [0.25, 0.3) is 11.6 Å². The van der Waals surface area contributed by atoms with E-state index in [-0.39, 0.29) is 17.7 Å². The third-order valence-corrected chi connectivity index (χ3v) is 6.09. The average molecular weight is 432 g/mol. The summed E-state index contributed by atoms with van der Waals surface area (Å²) in [5.41, 5.74) is 2.05. The molecule has 2 heterocycles. The topological polar surface area (TPSA) is 85.6 Å². The highest BCUT2D eigenvalue weighted by molar-refractivity contribution is 7.22. The molecule has 7 nitrogen and oxygen atoms in total. The van der Waals surface area contributed by atoms with Crippen molar-refractivity contribution in [1.29, 1.82) is 0 Å². The summed E-state index contributed by atoms with van der Waals surface area (Å²) < 4.78 is 6.63. The zero-order valence-corrected chi connectivity index (χ0v) is 17.2. The number of nitro groups is 1. The number of thiazole rings is 1. The van der Waals surface area contributed by atoms with Crippen LogP contribution in [0.25, 0.3) is 10.2 Å². The minimum atomic E-state index is -0.488. The smallest absolute Gasteiger partial charge is 0.269 e. The Morgan fingerprint density at radius 2 is 2.14 bits per heavy atom. The Bertz CT molecular complexity index is 1080. The van der Waals surface area contributed by atoms with Crippen LogP contribution in [0.1, 0.15) is 28.8 Å². The van der Waals surface area contributed by atoms with E-state index in [0.717, 1.165) is 28.6 Å². The second-order valence-electron chi connectivity index (χ2n) is 6.92. The van der Waals surface area contributed by atoms with E-state index in [1.807, 2.05) is 19.1 Å². The number of anilines is 1. The summed E-state index contributed by atoms with van der Waals surface area (Å²) in [6.45, 7) is 2.99. The molecule has 1 amide bonds. The third kappa shape index (κ3) is 4.10. The molecule has 3 aromatic rings. The number of fused-ring (bicyclic) bond motifs is 1. The number of carbonyl (C=O) groups is 1. The molecule has 1 unspecified atom stereocenters. The summed E-state index contributed by atoms with van der Waals surface area (Å²) >= 11 is 7.57. The van der Waals surface area contributed by atoms with Crippen LogP contribution in [0.5, 0.6) is 0 Å². The third-order valence-electron chi connectivity index (χ3n) is 4.85. The summed E-state index contributed by atoms with van der Waals surface area (Å²) in [6.07, 6.45) is 1.77. The molecule has 0 aliphatic carbocycles. The molecule has 1 saturated heterocycles. The number of aryl methyl sites for hydroxylation is 1. The number of hydrogen-bond acceptors (Lipinski definition) is 6. The van der Waals surface area contributed by atoms with Crippen molar-refractivity contribution in [2.45, 2.75) is 25.9 Å². The summed E-state index contributed by atoms with van der Waals surface area (Å²) in [5.74, 6) is -0.266. The lowest BCUT2D eigenvalue weighted by Crippen LogP contribution is -2.37. The molecule has 1 aliphatic heterocycles. The van der Waals surface area contributed by atoms with Crippen LogP contribution in [0.2, 0.25) is 5.02 Å². The van der Waals surface area contributed by atoms with Gasteiger partial charge in [-0.1, -0.05) is 22.9 Å². The summed E-state index contributed by atoms with van der Waals surface area (Å²) in [4.78, 5) is 30.0. The number of ether oxygens (including phenoxy) is 1. The van der Waals surface area contributed by atoms with Gasteiger partial charge in [-0.3, -0.25) is 19.8 Å². The van der Waals surface area contributed by atoms with Gasteiger partial charge in [0.1, 0.15) is 0 Å². The van der Waals surface area contributed by atoms with Crippen LogP contribution in [-0.2, 0) is 4.74 Å². The second-order valence-corrected chi connectivity index (χ2v) is 8.37. The summed E-state index contributed by atoms with van der Waals surface area (Å²) in [7, 11) is 0. The molecule has 29 heavy (non-hydrogen) atoms.